The Morgan fingerprint density at radius 2 is 2.35 bits per heavy atom. The number of aromatic amines is 1. The van der Waals surface area contributed by atoms with E-state index in [-0.39, 0.29) is 5.91 Å². The third kappa shape index (κ3) is 2.14. The van der Waals surface area contributed by atoms with E-state index < -0.39 is 0 Å². The highest BCUT2D eigenvalue weighted by molar-refractivity contribution is 5.96. The highest BCUT2D eigenvalue weighted by Gasteiger charge is 2.25. The van der Waals surface area contributed by atoms with Crippen LogP contribution in [-0.2, 0) is 11.3 Å². The number of fused-ring (bicyclic) bond motifs is 3. The van der Waals surface area contributed by atoms with Gasteiger partial charge in [-0.25, -0.2) is 0 Å². The van der Waals surface area contributed by atoms with E-state index in [1.54, 1.807) is 7.11 Å². The normalized spacial score (nSPS) is 12.2. The number of benzene rings is 1. The number of H-pyrrole nitrogens is 1. The monoisotopic (exact) mass is 273 g/mol. The molecule has 0 bridgehead atoms. The molecule has 1 aromatic heterocycles. The molecule has 0 aliphatic carbocycles. The molecule has 6 heteroatoms. The van der Waals surface area contributed by atoms with E-state index in [1.165, 1.54) is 0 Å². The molecule has 20 heavy (non-hydrogen) atoms. The second kappa shape index (κ2) is 5.34. The Hall–Kier alpha value is -2.34. The fourth-order valence-corrected chi connectivity index (χ4v) is 2.21. The van der Waals surface area contributed by atoms with Gasteiger partial charge in [-0.15, -0.1) is 0 Å². The smallest absolute Gasteiger partial charge is 0.269 e. The van der Waals surface area contributed by atoms with Crippen molar-refractivity contribution in [2.45, 2.75) is 6.61 Å². The zero-order chi connectivity index (χ0) is 13.9. The second-order valence-corrected chi connectivity index (χ2v) is 4.46. The summed E-state index contributed by atoms with van der Waals surface area (Å²) in [6.45, 7) is 1.28. The lowest BCUT2D eigenvalue weighted by atomic mass is 10.0. The summed E-state index contributed by atoms with van der Waals surface area (Å²) in [5.41, 5.74) is 2.92. The maximum atomic E-state index is 12.1. The standard InChI is InChI=1S/C14H15N3O3/c1-19-7-6-15-14(18)13-10-8-20-11-5-3-2-4-9(11)12(10)16-17-13/h2-5H,6-8H2,1H3,(H,15,18)(H,16,17). The van der Waals surface area contributed by atoms with E-state index in [2.05, 4.69) is 15.5 Å². The van der Waals surface area contributed by atoms with E-state index in [9.17, 15) is 4.79 Å². The number of rotatable bonds is 4. The minimum absolute atomic E-state index is 0.196. The molecule has 2 N–H and O–H groups in total. The van der Waals surface area contributed by atoms with Crippen molar-refractivity contribution in [2.24, 2.45) is 0 Å². The van der Waals surface area contributed by atoms with Crippen molar-refractivity contribution in [3.05, 3.63) is 35.5 Å². The summed E-state index contributed by atoms with van der Waals surface area (Å²) >= 11 is 0. The van der Waals surface area contributed by atoms with E-state index >= 15 is 0 Å². The summed E-state index contributed by atoms with van der Waals surface area (Å²) < 4.78 is 10.6. The first-order chi connectivity index (χ1) is 9.81. The third-order valence-corrected chi connectivity index (χ3v) is 3.20. The Kier molecular flexibility index (Phi) is 3.39. The average molecular weight is 273 g/mol. The summed E-state index contributed by atoms with van der Waals surface area (Å²) in [6.07, 6.45) is 0. The van der Waals surface area contributed by atoms with Crippen LogP contribution in [0.5, 0.6) is 5.75 Å². The molecule has 1 aromatic carbocycles. The highest BCUT2D eigenvalue weighted by atomic mass is 16.5. The summed E-state index contributed by atoms with van der Waals surface area (Å²) in [7, 11) is 1.59. The van der Waals surface area contributed by atoms with Crippen LogP contribution in [0.15, 0.2) is 24.3 Å². The fraction of sp³-hybridized carbons (Fsp3) is 0.286. The van der Waals surface area contributed by atoms with Crippen LogP contribution >= 0.6 is 0 Å². The van der Waals surface area contributed by atoms with Gasteiger partial charge in [0.15, 0.2) is 0 Å². The molecular weight excluding hydrogens is 258 g/mol. The number of nitrogens with one attached hydrogen (secondary N) is 2. The maximum absolute atomic E-state index is 12.1. The minimum Gasteiger partial charge on any atom is -0.488 e. The van der Waals surface area contributed by atoms with Crippen molar-refractivity contribution in [2.75, 3.05) is 20.3 Å². The SMILES string of the molecule is COCCNC(=O)c1[nH]nc2c1COc1ccccc1-2. The van der Waals surface area contributed by atoms with Gasteiger partial charge in [0.25, 0.3) is 5.91 Å². The van der Waals surface area contributed by atoms with Gasteiger partial charge in [0.2, 0.25) is 0 Å². The summed E-state index contributed by atoms with van der Waals surface area (Å²) in [5.74, 6) is 0.594. The Morgan fingerprint density at radius 3 is 3.20 bits per heavy atom. The maximum Gasteiger partial charge on any atom is 0.269 e. The summed E-state index contributed by atoms with van der Waals surface area (Å²) in [5, 5.41) is 9.82. The molecule has 3 rings (SSSR count). The van der Waals surface area contributed by atoms with Crippen LogP contribution < -0.4 is 10.1 Å². The number of carbonyl (C=O) groups is 1. The van der Waals surface area contributed by atoms with Gasteiger partial charge in [-0.2, -0.15) is 5.10 Å². The van der Waals surface area contributed by atoms with E-state index in [1.807, 2.05) is 24.3 Å². The Labute approximate surface area is 116 Å². The molecule has 0 atom stereocenters. The molecule has 0 fully saturated rings. The molecule has 2 heterocycles. The molecular formula is C14H15N3O3. The zero-order valence-corrected chi connectivity index (χ0v) is 11.1. The Balaban J connectivity index is 1.88. The minimum atomic E-state index is -0.196. The van der Waals surface area contributed by atoms with Crippen LogP contribution in [0.3, 0.4) is 0 Å². The number of nitrogens with zero attached hydrogens (tertiary/aromatic N) is 1. The molecule has 1 aliphatic rings. The van der Waals surface area contributed by atoms with E-state index in [0.717, 1.165) is 22.6 Å². The molecule has 104 valence electrons. The fourth-order valence-electron chi connectivity index (χ4n) is 2.21. The van der Waals surface area contributed by atoms with Gasteiger partial charge < -0.3 is 14.8 Å². The number of hydrogen-bond acceptors (Lipinski definition) is 4. The first-order valence-corrected chi connectivity index (χ1v) is 6.38. The lowest BCUT2D eigenvalue weighted by Crippen LogP contribution is -2.28. The number of hydrogen-bond donors (Lipinski definition) is 2. The lowest BCUT2D eigenvalue weighted by molar-refractivity contribution is 0.0929. The molecule has 1 aliphatic heterocycles. The molecule has 0 saturated carbocycles. The van der Waals surface area contributed by atoms with Crippen LogP contribution in [0.25, 0.3) is 11.3 Å². The molecule has 2 aromatic rings. The summed E-state index contributed by atoms with van der Waals surface area (Å²) in [4.78, 5) is 12.1. The van der Waals surface area contributed by atoms with E-state index in [4.69, 9.17) is 9.47 Å². The average Bonchev–Trinajstić information content (AvgIpc) is 2.92. The van der Waals surface area contributed by atoms with Crippen LogP contribution in [0.2, 0.25) is 0 Å². The van der Waals surface area contributed by atoms with Crippen molar-refractivity contribution in [1.29, 1.82) is 0 Å². The molecule has 6 nitrogen and oxygen atoms in total. The molecule has 0 radical (unpaired) electrons. The zero-order valence-electron chi connectivity index (χ0n) is 11.1. The van der Waals surface area contributed by atoms with Gasteiger partial charge in [-0.1, -0.05) is 12.1 Å². The second-order valence-electron chi connectivity index (χ2n) is 4.46. The van der Waals surface area contributed by atoms with Crippen LogP contribution in [0.1, 0.15) is 16.1 Å². The van der Waals surface area contributed by atoms with Gasteiger partial charge in [0, 0.05) is 24.8 Å². The molecule has 0 unspecified atom stereocenters. The molecule has 1 amide bonds. The van der Waals surface area contributed by atoms with Crippen molar-refractivity contribution in [3.8, 4) is 17.0 Å². The van der Waals surface area contributed by atoms with Crippen molar-refractivity contribution >= 4 is 5.91 Å². The Morgan fingerprint density at radius 1 is 1.50 bits per heavy atom. The number of ether oxygens (including phenoxy) is 2. The van der Waals surface area contributed by atoms with Crippen LogP contribution in [0, 0.1) is 0 Å². The van der Waals surface area contributed by atoms with Gasteiger partial charge in [-0.05, 0) is 12.1 Å². The van der Waals surface area contributed by atoms with Gasteiger partial charge in [0.1, 0.15) is 23.7 Å². The number of aromatic nitrogens is 2. The predicted molar refractivity (Wildman–Crippen MR) is 72.6 cm³/mol. The van der Waals surface area contributed by atoms with Gasteiger partial charge in [-0.3, -0.25) is 9.89 Å². The summed E-state index contributed by atoms with van der Waals surface area (Å²) in [6, 6.07) is 7.66. The number of carbonyl (C=O) groups excluding carboxylic acids is 1. The van der Waals surface area contributed by atoms with Gasteiger partial charge in [0.05, 0.1) is 6.61 Å². The first-order valence-electron chi connectivity index (χ1n) is 6.38. The lowest BCUT2D eigenvalue weighted by Gasteiger charge is -2.17. The van der Waals surface area contributed by atoms with Gasteiger partial charge >= 0.3 is 0 Å². The van der Waals surface area contributed by atoms with Crippen molar-refractivity contribution in [3.63, 3.8) is 0 Å². The predicted octanol–water partition coefficient (Wildman–Crippen LogP) is 1.35. The topological polar surface area (TPSA) is 76.2 Å². The highest BCUT2D eigenvalue weighted by Crippen LogP contribution is 2.36. The first kappa shape index (κ1) is 12.7. The number of amides is 1. The van der Waals surface area contributed by atoms with Crippen LogP contribution in [-0.4, -0.2) is 36.4 Å². The quantitative estimate of drug-likeness (QED) is 0.824. The van der Waals surface area contributed by atoms with Crippen molar-refractivity contribution < 1.29 is 14.3 Å². The molecule has 0 spiro atoms. The molecule has 0 saturated heterocycles. The third-order valence-electron chi connectivity index (χ3n) is 3.20. The van der Waals surface area contributed by atoms with E-state index in [0.29, 0.717) is 25.5 Å². The van der Waals surface area contributed by atoms with Crippen molar-refractivity contribution in [1.82, 2.24) is 15.5 Å². The number of para-hydroxylation sites is 1. The van der Waals surface area contributed by atoms with Crippen LogP contribution in [0.4, 0.5) is 0 Å². The number of methoxy groups -OCH3 is 1. The largest absolute Gasteiger partial charge is 0.488 e. The Bertz CT molecular complexity index is 636.